The number of aromatic hydroxyl groups is 1. The second kappa shape index (κ2) is 6.74. The number of unbranched alkanes of at least 4 members (excludes halogenated alkanes) is 1. The zero-order valence-electron chi connectivity index (χ0n) is 10.1. The largest absolute Gasteiger partial charge is 0.507 e. The Bertz CT molecular complexity index is 396. The van der Waals surface area contributed by atoms with E-state index in [2.05, 4.69) is 6.58 Å². The molecule has 1 aromatic rings. The smallest absolute Gasteiger partial charge is 0.166 e. The highest BCUT2D eigenvalue weighted by molar-refractivity contribution is 5.98. The van der Waals surface area contributed by atoms with Gasteiger partial charge in [-0.05, 0) is 18.6 Å². The fourth-order valence-corrected chi connectivity index (χ4v) is 1.46. The minimum absolute atomic E-state index is 0.0207. The molecule has 0 spiro atoms. The average molecular weight is 234 g/mol. The van der Waals surface area contributed by atoms with Crippen LogP contribution >= 0.6 is 0 Å². The van der Waals surface area contributed by atoms with Crippen molar-refractivity contribution in [1.82, 2.24) is 0 Å². The van der Waals surface area contributed by atoms with Crippen molar-refractivity contribution in [3.63, 3.8) is 0 Å². The van der Waals surface area contributed by atoms with Crippen LogP contribution in [0.25, 0.3) is 0 Å². The molecule has 1 N–H and O–H groups in total. The highest BCUT2D eigenvalue weighted by Crippen LogP contribution is 2.25. The van der Waals surface area contributed by atoms with Crippen molar-refractivity contribution in [2.24, 2.45) is 0 Å². The number of Topliss-reactive ketones (excluding diaryl/α,β-unsaturated/α-hetero) is 1. The van der Waals surface area contributed by atoms with Crippen LogP contribution in [0.3, 0.4) is 0 Å². The van der Waals surface area contributed by atoms with E-state index in [1.54, 1.807) is 18.2 Å². The summed E-state index contributed by atoms with van der Waals surface area (Å²) in [5, 5.41) is 9.73. The minimum Gasteiger partial charge on any atom is -0.507 e. The van der Waals surface area contributed by atoms with Crippen LogP contribution in [-0.2, 0) is 0 Å². The maximum atomic E-state index is 11.7. The summed E-state index contributed by atoms with van der Waals surface area (Å²) in [6, 6.07) is 4.75. The van der Waals surface area contributed by atoms with E-state index in [4.69, 9.17) is 4.74 Å². The van der Waals surface area contributed by atoms with Gasteiger partial charge in [-0.3, -0.25) is 4.79 Å². The Hall–Kier alpha value is -1.77. The summed E-state index contributed by atoms with van der Waals surface area (Å²) in [7, 11) is 0. The molecule has 3 nitrogen and oxygen atoms in total. The van der Waals surface area contributed by atoms with Crippen LogP contribution < -0.4 is 4.74 Å². The number of ketones is 1. The number of carbonyl (C=O) groups is 1. The van der Waals surface area contributed by atoms with Crippen LogP contribution in [0, 0.1) is 0 Å². The van der Waals surface area contributed by atoms with Crippen LogP contribution in [0.5, 0.6) is 11.5 Å². The van der Waals surface area contributed by atoms with Gasteiger partial charge in [-0.1, -0.05) is 26.0 Å². The molecule has 3 heteroatoms. The molecule has 0 atom stereocenters. The number of carbonyl (C=O) groups excluding carboxylic acids is 1. The Morgan fingerprint density at radius 1 is 1.53 bits per heavy atom. The number of phenolic OH excluding ortho intramolecular Hbond substituents is 1. The van der Waals surface area contributed by atoms with Gasteiger partial charge in [0.05, 0.1) is 5.56 Å². The van der Waals surface area contributed by atoms with Crippen LogP contribution in [0.15, 0.2) is 30.9 Å². The molecule has 92 valence electrons. The third kappa shape index (κ3) is 3.94. The molecule has 0 aromatic heterocycles. The lowest BCUT2D eigenvalue weighted by Crippen LogP contribution is -2.00. The average Bonchev–Trinajstić information content (AvgIpc) is 2.33. The van der Waals surface area contributed by atoms with Gasteiger partial charge in [0.15, 0.2) is 5.78 Å². The molecule has 0 fully saturated rings. The molecule has 0 heterocycles. The first kappa shape index (κ1) is 13.3. The molecule has 0 saturated carbocycles. The summed E-state index contributed by atoms with van der Waals surface area (Å²) in [6.07, 6.45) is 3.90. The molecule has 0 amide bonds. The van der Waals surface area contributed by atoms with Crippen molar-refractivity contribution in [1.29, 1.82) is 0 Å². The molecule has 0 bridgehead atoms. The van der Waals surface area contributed by atoms with E-state index in [0.717, 1.165) is 12.8 Å². The highest BCUT2D eigenvalue weighted by atomic mass is 16.5. The molecule has 0 aliphatic rings. The van der Waals surface area contributed by atoms with Gasteiger partial charge in [0.25, 0.3) is 0 Å². The Labute approximate surface area is 102 Å². The third-order valence-corrected chi connectivity index (χ3v) is 2.39. The lowest BCUT2D eigenvalue weighted by atomic mass is 10.0. The van der Waals surface area contributed by atoms with Crippen molar-refractivity contribution in [3.05, 3.63) is 36.4 Å². The molecule has 0 unspecified atom stereocenters. The summed E-state index contributed by atoms with van der Waals surface area (Å²) in [5.74, 6) is 0.488. The van der Waals surface area contributed by atoms with E-state index < -0.39 is 0 Å². The lowest BCUT2D eigenvalue weighted by molar-refractivity contribution is 0.0977. The number of hydrogen-bond acceptors (Lipinski definition) is 3. The zero-order valence-corrected chi connectivity index (χ0v) is 10.1. The van der Waals surface area contributed by atoms with Gasteiger partial charge in [0, 0.05) is 12.5 Å². The first-order valence-electron chi connectivity index (χ1n) is 5.79. The van der Waals surface area contributed by atoms with Gasteiger partial charge in [0.2, 0.25) is 0 Å². The van der Waals surface area contributed by atoms with Crippen molar-refractivity contribution in [2.45, 2.75) is 26.2 Å². The standard InChI is InChI=1S/C14H18O3/c1-3-5-6-13(15)12-8-7-11(10-14(12)16)17-9-4-2/h4,7-8,10,16H,2-3,5-6,9H2,1H3. The lowest BCUT2D eigenvalue weighted by Gasteiger charge is -2.07. The van der Waals surface area contributed by atoms with Gasteiger partial charge in [-0.15, -0.1) is 0 Å². The number of rotatable bonds is 7. The first-order valence-corrected chi connectivity index (χ1v) is 5.79. The van der Waals surface area contributed by atoms with Crippen LogP contribution in [0.4, 0.5) is 0 Å². The molecule has 0 radical (unpaired) electrons. The summed E-state index contributed by atoms with van der Waals surface area (Å²) in [6.45, 7) is 5.94. The van der Waals surface area contributed by atoms with Gasteiger partial charge in [0.1, 0.15) is 18.1 Å². The first-order chi connectivity index (χ1) is 8.19. The predicted octanol–water partition coefficient (Wildman–Crippen LogP) is 3.33. The number of hydrogen-bond donors (Lipinski definition) is 1. The van der Waals surface area contributed by atoms with E-state index in [1.807, 2.05) is 6.92 Å². The monoisotopic (exact) mass is 234 g/mol. The Balaban J connectivity index is 2.74. The van der Waals surface area contributed by atoms with Crippen LogP contribution in [0.1, 0.15) is 36.5 Å². The van der Waals surface area contributed by atoms with Gasteiger partial charge >= 0.3 is 0 Å². The topological polar surface area (TPSA) is 46.5 Å². The second-order valence-electron chi connectivity index (χ2n) is 3.81. The molecule has 0 aliphatic carbocycles. The van der Waals surface area contributed by atoms with Crippen molar-refractivity contribution >= 4 is 5.78 Å². The SMILES string of the molecule is C=CCOc1ccc(C(=O)CCCC)c(O)c1. The highest BCUT2D eigenvalue weighted by Gasteiger charge is 2.11. The molecule has 1 rings (SSSR count). The number of phenols is 1. The summed E-state index contributed by atoms with van der Waals surface area (Å²) in [4.78, 5) is 11.7. The summed E-state index contributed by atoms with van der Waals surface area (Å²) < 4.78 is 5.26. The van der Waals surface area contributed by atoms with Crippen LogP contribution in [0.2, 0.25) is 0 Å². The van der Waals surface area contributed by atoms with Crippen molar-refractivity contribution < 1.29 is 14.6 Å². The van der Waals surface area contributed by atoms with Gasteiger partial charge in [-0.2, -0.15) is 0 Å². The maximum Gasteiger partial charge on any atom is 0.166 e. The fourth-order valence-electron chi connectivity index (χ4n) is 1.46. The van der Waals surface area contributed by atoms with E-state index in [9.17, 15) is 9.90 Å². The Morgan fingerprint density at radius 2 is 2.29 bits per heavy atom. The van der Waals surface area contributed by atoms with E-state index in [-0.39, 0.29) is 11.5 Å². The maximum absolute atomic E-state index is 11.7. The zero-order chi connectivity index (χ0) is 12.7. The van der Waals surface area contributed by atoms with Gasteiger partial charge < -0.3 is 9.84 Å². The Morgan fingerprint density at radius 3 is 2.88 bits per heavy atom. The minimum atomic E-state index is -0.0281. The molecule has 0 saturated heterocycles. The fraction of sp³-hybridized carbons (Fsp3) is 0.357. The van der Waals surface area contributed by atoms with Crippen molar-refractivity contribution in [2.75, 3.05) is 6.61 Å². The summed E-state index contributed by atoms with van der Waals surface area (Å²) in [5.41, 5.74) is 0.365. The molecular formula is C14H18O3. The molecule has 0 aliphatic heterocycles. The second-order valence-corrected chi connectivity index (χ2v) is 3.81. The predicted molar refractivity (Wildman–Crippen MR) is 67.7 cm³/mol. The molecular weight excluding hydrogens is 216 g/mol. The van der Waals surface area contributed by atoms with E-state index in [1.165, 1.54) is 6.07 Å². The van der Waals surface area contributed by atoms with E-state index in [0.29, 0.717) is 24.3 Å². The molecule has 1 aromatic carbocycles. The number of benzene rings is 1. The number of ether oxygens (including phenoxy) is 1. The molecule has 17 heavy (non-hydrogen) atoms. The van der Waals surface area contributed by atoms with Gasteiger partial charge in [-0.25, -0.2) is 0 Å². The van der Waals surface area contributed by atoms with E-state index >= 15 is 0 Å². The normalized spacial score (nSPS) is 9.94. The van der Waals surface area contributed by atoms with Crippen LogP contribution in [-0.4, -0.2) is 17.5 Å². The third-order valence-electron chi connectivity index (χ3n) is 2.39. The van der Waals surface area contributed by atoms with Crippen molar-refractivity contribution in [3.8, 4) is 11.5 Å². The Kier molecular flexibility index (Phi) is 5.27. The summed E-state index contributed by atoms with van der Waals surface area (Å²) >= 11 is 0. The quantitative estimate of drug-likeness (QED) is 0.581.